The number of thiophene rings is 1. The molecule has 4 rings (SSSR count). The molecule has 1 N–H and O–H groups in total. The average Bonchev–Trinajstić information content (AvgIpc) is 3.25. The van der Waals surface area contributed by atoms with Crippen molar-refractivity contribution >= 4 is 45.3 Å². The Hall–Kier alpha value is -2.96. The number of nitrogens with zero attached hydrogens (tertiary/aromatic N) is 3. The van der Waals surface area contributed by atoms with Gasteiger partial charge in [-0.25, -0.2) is 10.1 Å². The fourth-order valence-electron chi connectivity index (χ4n) is 2.70. The van der Waals surface area contributed by atoms with Crippen molar-refractivity contribution in [2.24, 2.45) is 5.10 Å². The zero-order chi connectivity index (χ0) is 18.8. The van der Waals surface area contributed by atoms with E-state index in [1.54, 1.807) is 6.07 Å². The molecule has 4 aromatic rings. The lowest BCUT2D eigenvalue weighted by Gasteiger charge is -2.01. The van der Waals surface area contributed by atoms with Gasteiger partial charge in [-0.1, -0.05) is 48.0 Å². The van der Waals surface area contributed by atoms with E-state index in [9.17, 15) is 4.79 Å². The summed E-state index contributed by atoms with van der Waals surface area (Å²) < 4.78 is 1.86. The summed E-state index contributed by atoms with van der Waals surface area (Å²) in [5.41, 5.74) is 5.14. The number of fused-ring (bicyclic) bond motifs is 1. The normalized spacial score (nSPS) is 11.3. The van der Waals surface area contributed by atoms with Crippen molar-refractivity contribution in [1.82, 2.24) is 15.2 Å². The number of carbonyl (C=O) groups excluding carboxylic acids is 1. The third-order valence-electron chi connectivity index (χ3n) is 4.04. The molecule has 2 heterocycles. The van der Waals surface area contributed by atoms with Crippen molar-refractivity contribution in [3.8, 4) is 5.69 Å². The van der Waals surface area contributed by atoms with Crippen molar-refractivity contribution in [2.45, 2.75) is 6.92 Å². The predicted octanol–water partition coefficient (Wildman–Crippen LogP) is 4.81. The fourth-order valence-corrected chi connectivity index (χ4v) is 3.96. The van der Waals surface area contributed by atoms with Gasteiger partial charge in [0.15, 0.2) is 0 Å². The van der Waals surface area contributed by atoms with Crippen LogP contribution in [0.2, 0.25) is 5.02 Å². The van der Waals surface area contributed by atoms with Gasteiger partial charge in [-0.05, 0) is 31.2 Å². The summed E-state index contributed by atoms with van der Waals surface area (Å²) >= 11 is 7.46. The molecule has 0 saturated heterocycles. The maximum atomic E-state index is 12.5. The predicted molar refractivity (Wildman–Crippen MR) is 110 cm³/mol. The Labute approximate surface area is 164 Å². The number of amides is 1. The topological polar surface area (TPSA) is 59.3 Å². The second-order valence-corrected chi connectivity index (χ2v) is 7.32. The highest BCUT2D eigenvalue weighted by Crippen LogP contribution is 2.30. The fraction of sp³-hybridized carbons (Fsp3) is 0.0500. The monoisotopic (exact) mass is 394 g/mol. The molecule has 0 aliphatic carbocycles. The number of rotatable bonds is 4. The van der Waals surface area contributed by atoms with Crippen LogP contribution in [0.15, 0.2) is 65.8 Å². The number of hydrogen-bond donors (Lipinski definition) is 1. The van der Waals surface area contributed by atoms with E-state index >= 15 is 0 Å². The molecule has 7 heteroatoms. The first-order valence-electron chi connectivity index (χ1n) is 8.26. The van der Waals surface area contributed by atoms with E-state index in [2.05, 4.69) is 15.6 Å². The van der Waals surface area contributed by atoms with Gasteiger partial charge in [0.1, 0.15) is 4.83 Å². The zero-order valence-electron chi connectivity index (χ0n) is 14.4. The van der Waals surface area contributed by atoms with Crippen LogP contribution in [-0.4, -0.2) is 21.9 Å². The Balaban J connectivity index is 1.59. The molecule has 0 bridgehead atoms. The van der Waals surface area contributed by atoms with E-state index in [4.69, 9.17) is 11.6 Å². The number of aromatic nitrogens is 2. The molecular formula is C20H15ClN4OS. The molecule has 2 aromatic heterocycles. The van der Waals surface area contributed by atoms with Gasteiger partial charge >= 0.3 is 0 Å². The first-order valence-corrected chi connectivity index (χ1v) is 9.45. The molecule has 0 saturated carbocycles. The quantitative estimate of drug-likeness (QED) is 0.398. The minimum Gasteiger partial charge on any atom is -0.266 e. The van der Waals surface area contributed by atoms with Crippen molar-refractivity contribution in [1.29, 1.82) is 0 Å². The molecular weight excluding hydrogens is 380 g/mol. The second kappa shape index (κ2) is 7.34. The lowest BCUT2D eigenvalue weighted by Crippen LogP contribution is -2.16. The van der Waals surface area contributed by atoms with Crippen LogP contribution in [0.5, 0.6) is 0 Å². The highest BCUT2D eigenvalue weighted by atomic mass is 35.5. The van der Waals surface area contributed by atoms with Gasteiger partial charge in [0.2, 0.25) is 0 Å². The van der Waals surface area contributed by atoms with Gasteiger partial charge in [-0.15, -0.1) is 11.3 Å². The lowest BCUT2D eigenvalue weighted by molar-refractivity contribution is 0.0959. The van der Waals surface area contributed by atoms with Gasteiger partial charge in [0, 0.05) is 16.0 Å². The van der Waals surface area contributed by atoms with Crippen LogP contribution < -0.4 is 5.43 Å². The average molecular weight is 395 g/mol. The number of carbonyl (C=O) groups is 1. The molecule has 0 unspecified atom stereocenters. The van der Waals surface area contributed by atoms with Gasteiger partial charge < -0.3 is 0 Å². The van der Waals surface area contributed by atoms with E-state index in [0.717, 1.165) is 27.2 Å². The number of halogens is 1. The molecule has 0 radical (unpaired) electrons. The van der Waals surface area contributed by atoms with Crippen molar-refractivity contribution < 1.29 is 4.79 Å². The number of para-hydroxylation sites is 1. The summed E-state index contributed by atoms with van der Waals surface area (Å²) in [5, 5.41) is 10.1. The van der Waals surface area contributed by atoms with Gasteiger partial charge in [-0.3, -0.25) is 4.79 Å². The molecule has 2 aromatic carbocycles. The number of aryl methyl sites for hydroxylation is 1. The Kier molecular flexibility index (Phi) is 4.75. The van der Waals surface area contributed by atoms with Crippen molar-refractivity contribution in [3.05, 3.63) is 81.8 Å². The van der Waals surface area contributed by atoms with Crippen LogP contribution in [0.4, 0.5) is 0 Å². The van der Waals surface area contributed by atoms with E-state index in [-0.39, 0.29) is 5.91 Å². The minimum atomic E-state index is -0.265. The van der Waals surface area contributed by atoms with Gasteiger partial charge in [-0.2, -0.15) is 10.2 Å². The molecule has 0 aliphatic heterocycles. The Morgan fingerprint density at radius 3 is 2.70 bits per heavy atom. The van der Waals surface area contributed by atoms with Crippen LogP contribution in [0.25, 0.3) is 15.9 Å². The van der Waals surface area contributed by atoms with Crippen LogP contribution in [0.3, 0.4) is 0 Å². The summed E-state index contributed by atoms with van der Waals surface area (Å²) in [5.74, 6) is -0.265. The first kappa shape index (κ1) is 17.5. The number of hydrazone groups is 1. The Bertz CT molecular complexity index is 1150. The van der Waals surface area contributed by atoms with Crippen molar-refractivity contribution in [3.63, 3.8) is 0 Å². The standard InChI is InChI=1S/C20H15ClN4OS/c1-13-16-11-18(19(26)23-22-12-14-7-5-6-10-17(14)21)27-20(16)25(24-13)15-8-3-2-4-9-15/h2-12H,1H3,(H,23,26)/b22-12+. The third kappa shape index (κ3) is 3.49. The molecule has 27 heavy (non-hydrogen) atoms. The van der Waals surface area contributed by atoms with Crippen molar-refractivity contribution in [2.75, 3.05) is 0 Å². The lowest BCUT2D eigenvalue weighted by atomic mass is 10.2. The number of nitrogens with one attached hydrogen (secondary N) is 1. The van der Waals surface area contributed by atoms with Crippen LogP contribution in [0, 0.1) is 6.92 Å². The maximum absolute atomic E-state index is 12.5. The third-order valence-corrected chi connectivity index (χ3v) is 5.50. The van der Waals surface area contributed by atoms with E-state index in [1.165, 1.54) is 17.6 Å². The van der Waals surface area contributed by atoms with Crippen LogP contribution >= 0.6 is 22.9 Å². The van der Waals surface area contributed by atoms with Crippen LogP contribution in [0.1, 0.15) is 20.9 Å². The summed E-state index contributed by atoms with van der Waals surface area (Å²) in [4.78, 5) is 14.0. The maximum Gasteiger partial charge on any atom is 0.281 e. The summed E-state index contributed by atoms with van der Waals surface area (Å²) in [6.45, 7) is 1.94. The van der Waals surface area contributed by atoms with Crippen LogP contribution in [-0.2, 0) is 0 Å². The smallest absolute Gasteiger partial charge is 0.266 e. The summed E-state index contributed by atoms with van der Waals surface area (Å²) in [7, 11) is 0. The molecule has 0 fully saturated rings. The Morgan fingerprint density at radius 2 is 1.93 bits per heavy atom. The number of hydrogen-bond acceptors (Lipinski definition) is 4. The highest BCUT2D eigenvalue weighted by Gasteiger charge is 2.16. The van der Waals surface area contributed by atoms with E-state index < -0.39 is 0 Å². The minimum absolute atomic E-state index is 0.265. The summed E-state index contributed by atoms with van der Waals surface area (Å²) in [6, 6.07) is 19.0. The molecule has 5 nitrogen and oxygen atoms in total. The Morgan fingerprint density at radius 1 is 1.19 bits per heavy atom. The zero-order valence-corrected chi connectivity index (χ0v) is 16.0. The molecule has 0 aliphatic rings. The van der Waals surface area contributed by atoms with E-state index in [1.807, 2.05) is 66.2 Å². The molecule has 134 valence electrons. The first-order chi connectivity index (χ1) is 13.1. The molecule has 1 amide bonds. The largest absolute Gasteiger partial charge is 0.281 e. The second-order valence-electron chi connectivity index (χ2n) is 5.88. The summed E-state index contributed by atoms with van der Waals surface area (Å²) in [6.07, 6.45) is 1.53. The SMILES string of the molecule is Cc1nn(-c2ccccc2)c2sc(C(=O)N/N=C/c3ccccc3Cl)cc12. The van der Waals surface area contributed by atoms with E-state index in [0.29, 0.717) is 9.90 Å². The molecule has 0 spiro atoms. The number of benzene rings is 2. The molecule has 0 atom stereocenters. The highest BCUT2D eigenvalue weighted by molar-refractivity contribution is 7.20. The van der Waals surface area contributed by atoms with Gasteiger partial charge in [0.05, 0.1) is 22.5 Å². The van der Waals surface area contributed by atoms with Gasteiger partial charge in [0.25, 0.3) is 5.91 Å².